The van der Waals surface area contributed by atoms with Gasteiger partial charge >= 0.3 is 0 Å². The Hall–Kier alpha value is -1.65. The maximum absolute atomic E-state index is 13.0. The number of benzene rings is 1. The summed E-state index contributed by atoms with van der Waals surface area (Å²) >= 11 is 0. The third-order valence-corrected chi connectivity index (χ3v) is 2.92. The zero-order valence-electron chi connectivity index (χ0n) is 11.1. The van der Waals surface area contributed by atoms with Gasteiger partial charge in [0.2, 0.25) is 0 Å². The molecule has 0 fully saturated rings. The minimum Gasteiger partial charge on any atom is -0.472 e. The second-order valence-corrected chi connectivity index (χ2v) is 4.68. The van der Waals surface area contributed by atoms with Gasteiger partial charge in [0, 0.05) is 31.7 Å². The van der Waals surface area contributed by atoms with Crippen LogP contribution in [-0.4, -0.2) is 25.0 Å². The Balaban J connectivity index is 1.65. The van der Waals surface area contributed by atoms with Crippen molar-refractivity contribution in [2.75, 3.05) is 20.1 Å². The second-order valence-electron chi connectivity index (χ2n) is 4.68. The Morgan fingerprint density at radius 3 is 2.89 bits per heavy atom. The first-order valence-electron chi connectivity index (χ1n) is 6.39. The van der Waals surface area contributed by atoms with Gasteiger partial charge in [0.1, 0.15) is 5.82 Å². The lowest BCUT2D eigenvalue weighted by atomic mass is 10.2. The van der Waals surface area contributed by atoms with Gasteiger partial charge in [0.25, 0.3) is 0 Å². The fourth-order valence-corrected chi connectivity index (χ4v) is 1.92. The minimum atomic E-state index is -0.177. The van der Waals surface area contributed by atoms with Gasteiger partial charge in [-0.05, 0) is 30.8 Å². The van der Waals surface area contributed by atoms with Crippen molar-refractivity contribution in [2.24, 2.45) is 0 Å². The van der Waals surface area contributed by atoms with Crippen LogP contribution >= 0.6 is 0 Å². The predicted octanol–water partition coefficient (Wildman–Crippen LogP) is 2.64. The van der Waals surface area contributed by atoms with Gasteiger partial charge in [-0.2, -0.15) is 0 Å². The first-order valence-corrected chi connectivity index (χ1v) is 6.39. The molecule has 0 unspecified atom stereocenters. The van der Waals surface area contributed by atoms with E-state index in [0.29, 0.717) is 0 Å². The molecule has 0 spiro atoms. The molecule has 0 aliphatic heterocycles. The Morgan fingerprint density at radius 2 is 2.16 bits per heavy atom. The van der Waals surface area contributed by atoms with Crippen LogP contribution in [0.25, 0.3) is 0 Å². The zero-order valence-corrected chi connectivity index (χ0v) is 11.1. The first-order chi connectivity index (χ1) is 9.24. The van der Waals surface area contributed by atoms with E-state index < -0.39 is 0 Å². The molecule has 0 aliphatic carbocycles. The fraction of sp³-hybridized carbons (Fsp3) is 0.333. The van der Waals surface area contributed by atoms with Gasteiger partial charge in [-0.15, -0.1) is 0 Å². The van der Waals surface area contributed by atoms with Gasteiger partial charge in [-0.3, -0.25) is 0 Å². The molecule has 0 amide bonds. The molecule has 0 saturated carbocycles. The van der Waals surface area contributed by atoms with Crippen LogP contribution in [0.15, 0.2) is 47.3 Å². The Bertz CT molecular complexity index is 485. The maximum atomic E-state index is 13.0. The molecule has 0 radical (unpaired) electrons. The molecule has 1 N–H and O–H groups in total. The van der Waals surface area contributed by atoms with Crippen molar-refractivity contribution in [2.45, 2.75) is 13.1 Å². The van der Waals surface area contributed by atoms with Crippen LogP contribution in [-0.2, 0) is 13.1 Å². The molecule has 1 aromatic carbocycles. The van der Waals surface area contributed by atoms with Gasteiger partial charge in [-0.25, -0.2) is 4.39 Å². The number of halogens is 1. The fourth-order valence-electron chi connectivity index (χ4n) is 1.92. The van der Waals surface area contributed by atoms with Gasteiger partial charge in [0.05, 0.1) is 12.5 Å². The lowest BCUT2D eigenvalue weighted by Crippen LogP contribution is -2.28. The molecule has 1 aromatic heterocycles. The van der Waals surface area contributed by atoms with Gasteiger partial charge in [0.15, 0.2) is 0 Å². The molecular formula is C15H19FN2O. The summed E-state index contributed by atoms with van der Waals surface area (Å²) < 4.78 is 18.0. The summed E-state index contributed by atoms with van der Waals surface area (Å²) in [4.78, 5) is 2.16. The second kappa shape index (κ2) is 7.07. The van der Waals surface area contributed by atoms with E-state index in [4.69, 9.17) is 4.42 Å². The highest BCUT2D eigenvalue weighted by molar-refractivity contribution is 5.16. The van der Waals surface area contributed by atoms with Crippen molar-refractivity contribution < 1.29 is 8.81 Å². The summed E-state index contributed by atoms with van der Waals surface area (Å²) in [7, 11) is 2.03. The maximum Gasteiger partial charge on any atom is 0.123 e. The van der Waals surface area contributed by atoms with Crippen molar-refractivity contribution >= 4 is 0 Å². The summed E-state index contributed by atoms with van der Waals surface area (Å²) in [5.74, 6) is -0.177. The van der Waals surface area contributed by atoms with Gasteiger partial charge < -0.3 is 14.6 Å². The van der Waals surface area contributed by atoms with Crippen LogP contribution in [0.3, 0.4) is 0 Å². The Morgan fingerprint density at radius 1 is 1.26 bits per heavy atom. The zero-order chi connectivity index (χ0) is 13.5. The monoisotopic (exact) mass is 262 g/mol. The number of likely N-dealkylation sites (N-methyl/N-ethyl adjacent to an activating group) is 1. The van der Waals surface area contributed by atoms with Crippen molar-refractivity contribution in [1.82, 2.24) is 10.2 Å². The van der Waals surface area contributed by atoms with E-state index in [1.54, 1.807) is 24.7 Å². The van der Waals surface area contributed by atoms with Crippen molar-refractivity contribution in [3.8, 4) is 0 Å². The number of hydrogen-bond acceptors (Lipinski definition) is 3. The Labute approximate surface area is 113 Å². The van der Waals surface area contributed by atoms with E-state index in [2.05, 4.69) is 10.2 Å². The molecule has 1 heterocycles. The van der Waals surface area contributed by atoms with E-state index in [1.165, 1.54) is 6.07 Å². The van der Waals surface area contributed by atoms with E-state index in [0.717, 1.165) is 37.3 Å². The SMILES string of the molecule is CN(CCNCc1ccoc1)Cc1cccc(F)c1. The molecule has 4 heteroatoms. The molecule has 0 saturated heterocycles. The summed E-state index contributed by atoms with van der Waals surface area (Å²) in [5, 5.41) is 3.34. The van der Waals surface area contributed by atoms with Crippen molar-refractivity contribution in [3.05, 3.63) is 59.8 Å². The number of rotatable bonds is 7. The van der Waals surface area contributed by atoms with E-state index >= 15 is 0 Å². The molecule has 3 nitrogen and oxygen atoms in total. The average molecular weight is 262 g/mol. The number of hydrogen-bond donors (Lipinski definition) is 1. The largest absolute Gasteiger partial charge is 0.472 e. The molecule has 0 aliphatic rings. The minimum absolute atomic E-state index is 0.177. The van der Waals surface area contributed by atoms with Crippen molar-refractivity contribution in [3.63, 3.8) is 0 Å². The quantitative estimate of drug-likeness (QED) is 0.778. The predicted molar refractivity (Wildman–Crippen MR) is 73.1 cm³/mol. The summed E-state index contributed by atoms with van der Waals surface area (Å²) in [6, 6.07) is 8.68. The summed E-state index contributed by atoms with van der Waals surface area (Å²) in [6.45, 7) is 3.36. The number of nitrogens with one attached hydrogen (secondary N) is 1. The standard InChI is InChI=1S/C15H19FN2O/c1-18(11-13-3-2-4-15(16)9-13)7-6-17-10-14-5-8-19-12-14/h2-5,8-9,12,17H,6-7,10-11H2,1H3. The molecule has 19 heavy (non-hydrogen) atoms. The smallest absolute Gasteiger partial charge is 0.123 e. The molecule has 2 rings (SSSR count). The molecule has 0 atom stereocenters. The molecule has 0 bridgehead atoms. The van der Waals surface area contributed by atoms with Crippen molar-refractivity contribution in [1.29, 1.82) is 0 Å². The third kappa shape index (κ3) is 4.85. The van der Waals surface area contributed by atoms with Crippen LogP contribution in [0.4, 0.5) is 4.39 Å². The highest BCUT2D eigenvalue weighted by atomic mass is 19.1. The third-order valence-electron chi connectivity index (χ3n) is 2.92. The lowest BCUT2D eigenvalue weighted by Gasteiger charge is -2.16. The van der Waals surface area contributed by atoms with Gasteiger partial charge in [-0.1, -0.05) is 12.1 Å². The number of furan rings is 1. The molecular weight excluding hydrogens is 243 g/mol. The Kier molecular flexibility index (Phi) is 5.12. The average Bonchev–Trinajstić information content (AvgIpc) is 2.88. The first kappa shape index (κ1) is 13.8. The van der Waals surface area contributed by atoms with E-state index in [9.17, 15) is 4.39 Å². The van der Waals surface area contributed by atoms with Crippen LogP contribution in [0.1, 0.15) is 11.1 Å². The highest BCUT2D eigenvalue weighted by Crippen LogP contribution is 2.05. The lowest BCUT2D eigenvalue weighted by molar-refractivity contribution is 0.323. The van der Waals surface area contributed by atoms with E-state index in [1.807, 2.05) is 19.2 Å². The van der Waals surface area contributed by atoms with Crippen LogP contribution < -0.4 is 5.32 Å². The summed E-state index contributed by atoms with van der Waals surface area (Å²) in [6.07, 6.45) is 3.41. The van der Waals surface area contributed by atoms with Crippen LogP contribution in [0.5, 0.6) is 0 Å². The highest BCUT2D eigenvalue weighted by Gasteiger charge is 2.01. The summed E-state index contributed by atoms with van der Waals surface area (Å²) in [5.41, 5.74) is 2.14. The molecule has 102 valence electrons. The van der Waals surface area contributed by atoms with Crippen LogP contribution in [0, 0.1) is 5.82 Å². The number of nitrogens with zero attached hydrogens (tertiary/aromatic N) is 1. The molecule has 2 aromatic rings. The van der Waals surface area contributed by atoms with Crippen LogP contribution in [0.2, 0.25) is 0 Å². The normalized spacial score (nSPS) is 11.1. The van der Waals surface area contributed by atoms with E-state index in [-0.39, 0.29) is 5.82 Å². The topological polar surface area (TPSA) is 28.4 Å².